The average molecular weight is 295 g/mol. The third-order valence-corrected chi connectivity index (χ3v) is 4.19. The van der Waals surface area contributed by atoms with Crippen LogP contribution in [-0.2, 0) is 0 Å². The Morgan fingerprint density at radius 1 is 1.23 bits per heavy atom. The molecule has 4 rings (SSSR count). The van der Waals surface area contributed by atoms with E-state index in [4.69, 9.17) is 4.98 Å². The molecule has 0 aromatic carbocycles. The number of fused-ring (bicyclic) bond motifs is 1. The number of anilines is 1. The summed E-state index contributed by atoms with van der Waals surface area (Å²) in [4.78, 5) is 18.8. The van der Waals surface area contributed by atoms with Gasteiger partial charge in [-0.2, -0.15) is 0 Å². The van der Waals surface area contributed by atoms with E-state index in [1.165, 1.54) is 0 Å². The summed E-state index contributed by atoms with van der Waals surface area (Å²) in [5.74, 6) is 1.57. The van der Waals surface area contributed by atoms with Crippen LogP contribution in [0.3, 0.4) is 0 Å². The van der Waals surface area contributed by atoms with E-state index in [-0.39, 0.29) is 12.6 Å². The van der Waals surface area contributed by atoms with Crippen LogP contribution in [0.5, 0.6) is 0 Å². The molecule has 3 aromatic rings. The van der Waals surface area contributed by atoms with Crippen molar-refractivity contribution >= 4 is 16.9 Å². The van der Waals surface area contributed by atoms with Crippen molar-refractivity contribution in [2.75, 3.05) is 18.1 Å². The van der Waals surface area contributed by atoms with Crippen LogP contribution < -0.4 is 4.90 Å². The van der Waals surface area contributed by atoms with E-state index in [0.717, 1.165) is 41.8 Å². The molecule has 22 heavy (non-hydrogen) atoms. The van der Waals surface area contributed by atoms with E-state index in [0.29, 0.717) is 5.82 Å². The lowest BCUT2D eigenvalue weighted by Gasteiger charge is -2.25. The first kappa shape index (κ1) is 13.2. The third kappa shape index (κ3) is 2.12. The van der Waals surface area contributed by atoms with Gasteiger partial charge >= 0.3 is 0 Å². The first-order chi connectivity index (χ1) is 10.9. The van der Waals surface area contributed by atoms with Gasteiger partial charge in [0.25, 0.3) is 0 Å². The lowest BCUT2D eigenvalue weighted by molar-refractivity contribution is 0.266. The lowest BCUT2D eigenvalue weighted by Crippen LogP contribution is -2.33. The van der Waals surface area contributed by atoms with Crippen LogP contribution in [0.2, 0.25) is 0 Å². The summed E-state index contributed by atoms with van der Waals surface area (Å²) in [7, 11) is 0. The number of nitrogens with one attached hydrogen (secondary N) is 1. The van der Waals surface area contributed by atoms with Gasteiger partial charge in [0.2, 0.25) is 0 Å². The molecule has 112 valence electrons. The molecule has 1 atom stereocenters. The van der Waals surface area contributed by atoms with Crippen molar-refractivity contribution in [2.45, 2.75) is 18.9 Å². The molecule has 1 aliphatic rings. The molecule has 2 N–H and O–H groups in total. The zero-order valence-electron chi connectivity index (χ0n) is 12.1. The number of pyridine rings is 1. The van der Waals surface area contributed by atoms with E-state index in [1.807, 2.05) is 24.4 Å². The predicted octanol–water partition coefficient (Wildman–Crippen LogP) is 1.98. The topological polar surface area (TPSA) is 77.9 Å². The van der Waals surface area contributed by atoms with Crippen LogP contribution in [0.4, 0.5) is 5.82 Å². The van der Waals surface area contributed by atoms with E-state index >= 15 is 0 Å². The SMILES string of the molecule is OCC1CCCN1c1nc(-c2ccncc2)nc2[nH]ccc12. The minimum atomic E-state index is 0.137. The van der Waals surface area contributed by atoms with Gasteiger partial charge in [-0.25, -0.2) is 9.97 Å². The number of aliphatic hydroxyl groups excluding tert-OH is 1. The summed E-state index contributed by atoms with van der Waals surface area (Å²) in [6, 6.07) is 5.94. The van der Waals surface area contributed by atoms with Gasteiger partial charge < -0.3 is 15.0 Å². The highest BCUT2D eigenvalue weighted by Gasteiger charge is 2.27. The minimum Gasteiger partial charge on any atom is -0.394 e. The van der Waals surface area contributed by atoms with Crippen LogP contribution in [0.1, 0.15) is 12.8 Å². The molecule has 0 saturated carbocycles. The van der Waals surface area contributed by atoms with Crippen molar-refractivity contribution in [3.05, 3.63) is 36.8 Å². The van der Waals surface area contributed by atoms with Gasteiger partial charge in [0.1, 0.15) is 11.5 Å². The largest absolute Gasteiger partial charge is 0.394 e. The Labute approximate surface area is 127 Å². The second-order valence-corrected chi connectivity index (χ2v) is 5.52. The fourth-order valence-electron chi connectivity index (χ4n) is 3.08. The zero-order chi connectivity index (χ0) is 14.9. The average Bonchev–Trinajstić information content (AvgIpc) is 3.23. The molecule has 0 spiro atoms. The quantitative estimate of drug-likeness (QED) is 0.772. The summed E-state index contributed by atoms with van der Waals surface area (Å²) >= 11 is 0. The lowest BCUT2D eigenvalue weighted by atomic mass is 10.2. The summed E-state index contributed by atoms with van der Waals surface area (Å²) in [5, 5.41) is 10.6. The van der Waals surface area contributed by atoms with E-state index in [1.54, 1.807) is 12.4 Å². The van der Waals surface area contributed by atoms with Gasteiger partial charge in [-0.1, -0.05) is 0 Å². The molecule has 0 amide bonds. The molecule has 4 heterocycles. The van der Waals surface area contributed by atoms with Crippen molar-refractivity contribution in [1.29, 1.82) is 0 Å². The number of aromatic nitrogens is 4. The Morgan fingerprint density at radius 3 is 2.91 bits per heavy atom. The molecule has 6 heteroatoms. The Hall–Kier alpha value is -2.47. The van der Waals surface area contributed by atoms with Crippen molar-refractivity contribution in [2.24, 2.45) is 0 Å². The molecule has 0 radical (unpaired) electrons. The fraction of sp³-hybridized carbons (Fsp3) is 0.312. The standard InChI is InChI=1S/C16H17N5O/c22-10-12-2-1-9-21(12)16-13-5-8-18-15(13)19-14(20-16)11-3-6-17-7-4-11/h3-8,12,22H,1-2,9-10H2,(H,18,19,20). The van der Waals surface area contributed by atoms with Crippen molar-refractivity contribution in [3.63, 3.8) is 0 Å². The number of rotatable bonds is 3. The molecule has 1 fully saturated rings. The van der Waals surface area contributed by atoms with Gasteiger partial charge in [-0.3, -0.25) is 4.98 Å². The Kier molecular flexibility index (Phi) is 3.23. The summed E-state index contributed by atoms with van der Waals surface area (Å²) in [6.45, 7) is 1.07. The van der Waals surface area contributed by atoms with Crippen molar-refractivity contribution < 1.29 is 5.11 Å². The van der Waals surface area contributed by atoms with Crippen LogP contribution in [-0.4, -0.2) is 44.2 Å². The maximum atomic E-state index is 9.61. The predicted molar refractivity (Wildman–Crippen MR) is 84.6 cm³/mol. The van der Waals surface area contributed by atoms with E-state index in [9.17, 15) is 5.11 Å². The number of aromatic amines is 1. The molecule has 0 bridgehead atoms. The molecule has 1 unspecified atom stereocenters. The molecule has 3 aromatic heterocycles. The highest BCUT2D eigenvalue weighted by molar-refractivity contribution is 5.89. The number of nitrogens with zero attached hydrogens (tertiary/aromatic N) is 4. The maximum Gasteiger partial charge on any atom is 0.164 e. The number of H-pyrrole nitrogens is 1. The van der Waals surface area contributed by atoms with Crippen LogP contribution in [0.25, 0.3) is 22.4 Å². The molecule has 0 aliphatic carbocycles. The number of aliphatic hydroxyl groups is 1. The van der Waals surface area contributed by atoms with Crippen LogP contribution in [0, 0.1) is 0 Å². The van der Waals surface area contributed by atoms with E-state index in [2.05, 4.69) is 19.9 Å². The molecule has 1 saturated heterocycles. The second kappa shape index (κ2) is 5.38. The zero-order valence-corrected chi connectivity index (χ0v) is 12.1. The molecule has 1 aliphatic heterocycles. The van der Waals surface area contributed by atoms with Gasteiger partial charge in [-0.05, 0) is 31.0 Å². The van der Waals surface area contributed by atoms with Crippen molar-refractivity contribution in [1.82, 2.24) is 19.9 Å². The summed E-state index contributed by atoms with van der Waals surface area (Å²) in [6.07, 6.45) is 7.43. The smallest absolute Gasteiger partial charge is 0.164 e. The fourth-order valence-corrected chi connectivity index (χ4v) is 3.08. The summed E-state index contributed by atoms with van der Waals surface area (Å²) in [5.41, 5.74) is 1.76. The van der Waals surface area contributed by atoms with Crippen LogP contribution in [0.15, 0.2) is 36.8 Å². The minimum absolute atomic E-state index is 0.137. The maximum absolute atomic E-state index is 9.61. The molecular weight excluding hydrogens is 278 g/mol. The van der Waals surface area contributed by atoms with Gasteiger partial charge in [0.05, 0.1) is 18.0 Å². The van der Waals surface area contributed by atoms with Crippen molar-refractivity contribution in [3.8, 4) is 11.4 Å². The van der Waals surface area contributed by atoms with Gasteiger partial charge in [0, 0.05) is 30.7 Å². The normalized spacial score (nSPS) is 18.2. The first-order valence-electron chi connectivity index (χ1n) is 7.50. The molecule has 6 nitrogen and oxygen atoms in total. The Bertz CT molecular complexity index is 786. The Morgan fingerprint density at radius 2 is 2.09 bits per heavy atom. The van der Waals surface area contributed by atoms with Gasteiger partial charge in [0.15, 0.2) is 5.82 Å². The molecular formula is C16H17N5O. The van der Waals surface area contributed by atoms with E-state index < -0.39 is 0 Å². The highest BCUT2D eigenvalue weighted by atomic mass is 16.3. The number of hydrogen-bond acceptors (Lipinski definition) is 5. The van der Waals surface area contributed by atoms with Crippen LogP contribution >= 0.6 is 0 Å². The first-order valence-corrected chi connectivity index (χ1v) is 7.50. The monoisotopic (exact) mass is 295 g/mol. The number of hydrogen-bond donors (Lipinski definition) is 2. The second-order valence-electron chi connectivity index (χ2n) is 5.52. The third-order valence-electron chi connectivity index (χ3n) is 4.19. The highest BCUT2D eigenvalue weighted by Crippen LogP contribution is 2.31. The summed E-state index contributed by atoms with van der Waals surface area (Å²) < 4.78 is 0. The van der Waals surface area contributed by atoms with Gasteiger partial charge in [-0.15, -0.1) is 0 Å². The Balaban J connectivity index is 1.88.